The van der Waals surface area contributed by atoms with Crippen molar-refractivity contribution in [2.45, 2.75) is 12.5 Å². The van der Waals surface area contributed by atoms with E-state index >= 15 is 0 Å². The molecule has 20 heavy (non-hydrogen) atoms. The van der Waals surface area contributed by atoms with Crippen LogP contribution in [0.1, 0.15) is 16.8 Å². The average molecular weight is 280 g/mol. The monoisotopic (exact) mass is 280 g/mol. The van der Waals surface area contributed by atoms with E-state index in [1.165, 1.54) is 13.3 Å². The number of carbonyl (C=O) groups excluding carboxylic acids is 1. The van der Waals surface area contributed by atoms with E-state index in [2.05, 4.69) is 9.72 Å². The van der Waals surface area contributed by atoms with E-state index in [1.54, 1.807) is 12.1 Å². The third-order valence-electron chi connectivity index (χ3n) is 3.03. The number of methoxy groups -OCH3 is 1. The smallest absolute Gasteiger partial charge is 0.338 e. The van der Waals surface area contributed by atoms with Crippen LogP contribution in [0, 0.1) is 0 Å². The molecular formula is C13H16N2O5. The topological polar surface area (TPSA) is 89.0 Å². The molecule has 1 aliphatic rings. The van der Waals surface area contributed by atoms with Crippen LogP contribution in [-0.4, -0.2) is 54.9 Å². The molecule has 7 nitrogen and oxygen atoms in total. The maximum atomic E-state index is 11.5. The second-order valence-electron chi connectivity index (χ2n) is 4.43. The largest absolute Gasteiger partial charge is 0.481 e. The minimum atomic E-state index is -0.895. The summed E-state index contributed by atoms with van der Waals surface area (Å²) in [7, 11) is 1.32. The number of hydrogen-bond acceptors (Lipinski definition) is 6. The van der Waals surface area contributed by atoms with Gasteiger partial charge in [0.25, 0.3) is 0 Å². The van der Waals surface area contributed by atoms with E-state index in [4.69, 9.17) is 9.84 Å². The first-order valence-electron chi connectivity index (χ1n) is 6.23. The first kappa shape index (κ1) is 14.3. The summed E-state index contributed by atoms with van der Waals surface area (Å²) in [5.41, 5.74) is 0.416. The van der Waals surface area contributed by atoms with Crippen LogP contribution in [0.4, 0.5) is 5.82 Å². The summed E-state index contributed by atoms with van der Waals surface area (Å²) in [5.74, 6) is -0.705. The van der Waals surface area contributed by atoms with Gasteiger partial charge in [0.2, 0.25) is 0 Å². The lowest BCUT2D eigenvalue weighted by molar-refractivity contribution is -0.140. The number of carboxylic acid groups (broad SMARTS) is 1. The fourth-order valence-corrected chi connectivity index (χ4v) is 2.08. The molecule has 0 radical (unpaired) electrons. The quantitative estimate of drug-likeness (QED) is 0.805. The molecule has 108 valence electrons. The van der Waals surface area contributed by atoms with Crippen LogP contribution in [0.5, 0.6) is 0 Å². The molecule has 0 spiro atoms. The van der Waals surface area contributed by atoms with Crippen LogP contribution >= 0.6 is 0 Å². The van der Waals surface area contributed by atoms with Crippen LogP contribution < -0.4 is 4.90 Å². The molecule has 2 heterocycles. The molecule has 1 aromatic heterocycles. The summed E-state index contributed by atoms with van der Waals surface area (Å²) in [4.78, 5) is 28.3. The van der Waals surface area contributed by atoms with Crippen LogP contribution in [0.3, 0.4) is 0 Å². The van der Waals surface area contributed by atoms with Gasteiger partial charge in [0.05, 0.1) is 31.8 Å². The summed E-state index contributed by atoms with van der Waals surface area (Å²) in [6, 6.07) is 3.21. The van der Waals surface area contributed by atoms with Crippen molar-refractivity contribution >= 4 is 17.8 Å². The van der Waals surface area contributed by atoms with Crippen molar-refractivity contribution in [2.75, 3.05) is 31.7 Å². The highest BCUT2D eigenvalue weighted by molar-refractivity contribution is 5.90. The maximum Gasteiger partial charge on any atom is 0.338 e. The molecule has 1 saturated heterocycles. The van der Waals surface area contributed by atoms with E-state index in [0.29, 0.717) is 31.1 Å². The van der Waals surface area contributed by atoms with Gasteiger partial charge in [-0.25, -0.2) is 9.78 Å². The Bertz CT molecular complexity index is 505. The van der Waals surface area contributed by atoms with E-state index < -0.39 is 11.9 Å². The summed E-state index contributed by atoms with van der Waals surface area (Å²) in [6.45, 7) is 1.47. The zero-order valence-electron chi connectivity index (χ0n) is 11.1. The lowest BCUT2D eigenvalue weighted by Gasteiger charge is -2.33. The molecule has 0 aliphatic carbocycles. The Kier molecular flexibility index (Phi) is 4.52. The molecule has 0 aromatic carbocycles. The second-order valence-corrected chi connectivity index (χ2v) is 4.43. The number of carboxylic acids is 1. The number of aliphatic carboxylic acids is 1. The fraction of sp³-hybridized carbons (Fsp3) is 0.462. The van der Waals surface area contributed by atoms with Gasteiger partial charge in [-0.2, -0.15) is 0 Å². The van der Waals surface area contributed by atoms with Gasteiger partial charge >= 0.3 is 11.9 Å². The lowest BCUT2D eigenvalue weighted by atomic mass is 10.2. The normalized spacial score (nSPS) is 18.6. The molecule has 0 bridgehead atoms. The molecular weight excluding hydrogens is 264 g/mol. The number of pyridine rings is 1. The molecule has 1 fully saturated rings. The number of esters is 1. The molecule has 7 heteroatoms. The summed E-state index contributed by atoms with van der Waals surface area (Å²) >= 11 is 0. The number of aromatic nitrogens is 1. The highest BCUT2D eigenvalue weighted by Gasteiger charge is 2.24. The van der Waals surface area contributed by atoms with E-state index in [0.717, 1.165) is 0 Å². The first-order valence-corrected chi connectivity index (χ1v) is 6.23. The fourth-order valence-electron chi connectivity index (χ4n) is 2.08. The molecule has 0 amide bonds. The number of carbonyl (C=O) groups is 2. The Labute approximate surface area is 116 Å². The first-order chi connectivity index (χ1) is 9.60. The average Bonchev–Trinajstić information content (AvgIpc) is 2.46. The lowest BCUT2D eigenvalue weighted by Crippen LogP contribution is -2.43. The Hall–Kier alpha value is -2.15. The molecule has 1 aliphatic heterocycles. The Morgan fingerprint density at radius 2 is 2.40 bits per heavy atom. The van der Waals surface area contributed by atoms with Gasteiger partial charge in [0, 0.05) is 19.3 Å². The third kappa shape index (κ3) is 3.45. The molecule has 1 unspecified atom stereocenters. The van der Waals surface area contributed by atoms with E-state index in [-0.39, 0.29) is 12.5 Å². The molecule has 0 saturated carbocycles. The van der Waals surface area contributed by atoms with Crippen LogP contribution in [0.25, 0.3) is 0 Å². The van der Waals surface area contributed by atoms with Crippen molar-refractivity contribution in [3.63, 3.8) is 0 Å². The van der Waals surface area contributed by atoms with Gasteiger partial charge < -0.3 is 19.5 Å². The number of rotatable bonds is 4. The minimum absolute atomic E-state index is 0.0484. The van der Waals surface area contributed by atoms with Crippen molar-refractivity contribution in [3.05, 3.63) is 23.9 Å². The van der Waals surface area contributed by atoms with E-state index in [1.807, 2.05) is 4.90 Å². The van der Waals surface area contributed by atoms with Gasteiger partial charge in [-0.3, -0.25) is 4.79 Å². The van der Waals surface area contributed by atoms with Crippen molar-refractivity contribution < 1.29 is 24.2 Å². The summed E-state index contributed by atoms with van der Waals surface area (Å²) < 4.78 is 10.1. The predicted molar refractivity (Wildman–Crippen MR) is 69.8 cm³/mol. The maximum absolute atomic E-state index is 11.5. The second kappa shape index (κ2) is 6.33. The van der Waals surface area contributed by atoms with Crippen molar-refractivity contribution in [1.29, 1.82) is 0 Å². The molecule has 1 atom stereocenters. The minimum Gasteiger partial charge on any atom is -0.481 e. The molecule has 2 rings (SSSR count). The van der Waals surface area contributed by atoms with Gasteiger partial charge in [-0.15, -0.1) is 0 Å². The standard InChI is InChI=1S/C13H16N2O5/c1-19-13(18)9-2-3-14-11(6-9)15-4-5-20-10(8-15)7-12(16)17/h2-3,6,10H,4-5,7-8H2,1H3,(H,16,17). The number of anilines is 1. The number of hydrogen-bond donors (Lipinski definition) is 1. The van der Waals surface area contributed by atoms with Crippen LogP contribution in [-0.2, 0) is 14.3 Å². The van der Waals surface area contributed by atoms with Crippen molar-refractivity contribution in [1.82, 2.24) is 4.98 Å². The van der Waals surface area contributed by atoms with Crippen LogP contribution in [0.2, 0.25) is 0 Å². The van der Waals surface area contributed by atoms with Gasteiger partial charge in [-0.1, -0.05) is 0 Å². The van der Waals surface area contributed by atoms with Gasteiger partial charge in [-0.05, 0) is 12.1 Å². The zero-order chi connectivity index (χ0) is 14.5. The van der Waals surface area contributed by atoms with Gasteiger partial charge in [0.1, 0.15) is 5.82 Å². The highest BCUT2D eigenvalue weighted by atomic mass is 16.5. The van der Waals surface area contributed by atoms with Crippen molar-refractivity contribution in [3.8, 4) is 0 Å². The SMILES string of the molecule is COC(=O)c1ccnc(N2CCOC(CC(=O)O)C2)c1. The number of nitrogens with zero attached hydrogens (tertiary/aromatic N) is 2. The highest BCUT2D eigenvalue weighted by Crippen LogP contribution is 2.18. The molecule has 1 N–H and O–H groups in total. The predicted octanol–water partition coefficient (Wildman–Crippen LogP) is 0.548. The van der Waals surface area contributed by atoms with Crippen molar-refractivity contribution in [2.24, 2.45) is 0 Å². The Balaban J connectivity index is 2.10. The summed E-state index contributed by atoms with van der Waals surface area (Å²) in [6.07, 6.45) is 1.11. The molecule has 1 aromatic rings. The Morgan fingerprint density at radius 3 is 3.10 bits per heavy atom. The Morgan fingerprint density at radius 1 is 1.60 bits per heavy atom. The third-order valence-corrected chi connectivity index (χ3v) is 3.03. The van der Waals surface area contributed by atoms with E-state index in [9.17, 15) is 9.59 Å². The summed E-state index contributed by atoms with van der Waals surface area (Å²) in [5, 5.41) is 8.80. The zero-order valence-corrected chi connectivity index (χ0v) is 11.1. The number of morpholine rings is 1. The van der Waals surface area contributed by atoms with Gasteiger partial charge in [0.15, 0.2) is 0 Å². The van der Waals surface area contributed by atoms with Crippen LogP contribution in [0.15, 0.2) is 18.3 Å². The number of ether oxygens (including phenoxy) is 2.